The Balaban J connectivity index is 1.15. The fourth-order valence-electron chi connectivity index (χ4n) is 6.29. The Kier molecular flexibility index (Phi) is 7.62. The number of aromatic amines is 1. The number of hydrogen-bond donors (Lipinski definition) is 2. The summed E-state index contributed by atoms with van der Waals surface area (Å²) >= 11 is 0. The molecule has 0 spiro atoms. The van der Waals surface area contributed by atoms with Crippen LogP contribution in [0.3, 0.4) is 0 Å². The Morgan fingerprint density at radius 3 is 2.65 bits per heavy atom. The van der Waals surface area contributed by atoms with Gasteiger partial charge in [0, 0.05) is 67.7 Å². The minimum absolute atomic E-state index is 0.0203. The highest BCUT2D eigenvalue weighted by Gasteiger charge is 2.31. The molecule has 46 heavy (non-hydrogen) atoms. The highest BCUT2D eigenvalue weighted by molar-refractivity contribution is 7.90. The van der Waals surface area contributed by atoms with Crippen molar-refractivity contribution >= 4 is 38.3 Å². The summed E-state index contributed by atoms with van der Waals surface area (Å²) in [5.41, 5.74) is 3.90. The quantitative estimate of drug-likeness (QED) is 0.173. The third-order valence-corrected chi connectivity index (χ3v) is 9.93. The van der Waals surface area contributed by atoms with Crippen LogP contribution >= 0.6 is 0 Å². The molecule has 13 heteroatoms. The van der Waals surface area contributed by atoms with Gasteiger partial charge in [-0.15, -0.1) is 0 Å². The van der Waals surface area contributed by atoms with Crippen LogP contribution in [0, 0.1) is 10.1 Å². The molecule has 0 unspecified atom stereocenters. The summed E-state index contributed by atoms with van der Waals surface area (Å²) in [6.45, 7) is 3.27. The van der Waals surface area contributed by atoms with Gasteiger partial charge >= 0.3 is 0 Å². The molecule has 1 aliphatic carbocycles. The van der Waals surface area contributed by atoms with Crippen molar-refractivity contribution in [3.63, 3.8) is 0 Å². The van der Waals surface area contributed by atoms with E-state index in [2.05, 4.69) is 44.0 Å². The van der Waals surface area contributed by atoms with E-state index < -0.39 is 31.4 Å². The molecule has 2 aromatic heterocycles. The summed E-state index contributed by atoms with van der Waals surface area (Å²) < 4.78 is 34.4. The number of benzene rings is 3. The van der Waals surface area contributed by atoms with E-state index in [1.54, 1.807) is 24.4 Å². The van der Waals surface area contributed by atoms with Crippen molar-refractivity contribution in [1.82, 2.24) is 19.6 Å². The first-order chi connectivity index (χ1) is 22.2. The minimum atomic E-state index is -4.43. The average Bonchev–Trinajstić information content (AvgIpc) is 3.72. The molecule has 0 saturated carbocycles. The van der Waals surface area contributed by atoms with Gasteiger partial charge in [-0.25, -0.2) is 18.1 Å². The van der Waals surface area contributed by atoms with Gasteiger partial charge in [0.05, 0.1) is 21.6 Å². The highest BCUT2D eigenvalue weighted by atomic mass is 32.2. The van der Waals surface area contributed by atoms with Crippen LogP contribution in [0.25, 0.3) is 11.0 Å². The Labute approximate surface area is 264 Å². The summed E-state index contributed by atoms with van der Waals surface area (Å²) in [7, 11) is -4.43. The van der Waals surface area contributed by atoms with Crippen LogP contribution in [-0.2, 0) is 16.4 Å². The fraction of sp³-hybridized carbons (Fsp3) is 0.212. The molecule has 3 heterocycles. The number of aromatic nitrogens is 2. The van der Waals surface area contributed by atoms with E-state index in [9.17, 15) is 23.3 Å². The number of ether oxygens (including phenoxy) is 1. The van der Waals surface area contributed by atoms with Crippen LogP contribution in [-0.4, -0.2) is 60.3 Å². The summed E-state index contributed by atoms with van der Waals surface area (Å²) in [6, 6.07) is 22.2. The number of aryl methyl sites for hydroxylation is 1. The maximum Gasteiger partial charge on any atom is 0.270 e. The number of nitrogens with one attached hydrogen (secondary N) is 2. The van der Waals surface area contributed by atoms with Crippen molar-refractivity contribution in [2.75, 3.05) is 31.1 Å². The number of rotatable bonds is 8. The first-order valence-electron chi connectivity index (χ1n) is 14.9. The number of nitro benzene ring substituents is 1. The number of pyridine rings is 1. The maximum atomic E-state index is 13.5. The zero-order valence-corrected chi connectivity index (χ0v) is 25.4. The normalized spacial score (nSPS) is 16.7. The Morgan fingerprint density at radius 1 is 1.00 bits per heavy atom. The third kappa shape index (κ3) is 5.77. The van der Waals surface area contributed by atoms with E-state index in [1.165, 1.54) is 41.6 Å². The molecule has 2 N–H and O–H groups in total. The second-order valence-corrected chi connectivity index (χ2v) is 13.0. The van der Waals surface area contributed by atoms with Crippen LogP contribution in [0.15, 0.2) is 96.2 Å². The number of fused-ring (bicyclic) bond motifs is 2. The van der Waals surface area contributed by atoms with Crippen molar-refractivity contribution in [2.45, 2.75) is 23.8 Å². The predicted octanol–water partition coefficient (Wildman–Crippen LogP) is 5.19. The summed E-state index contributed by atoms with van der Waals surface area (Å²) in [4.78, 5) is 35.7. The molecular formula is C33H30N6O6S. The molecule has 0 bridgehead atoms. The molecule has 7 rings (SSSR count). The number of H-pyrrole nitrogens is 1. The van der Waals surface area contributed by atoms with Crippen LogP contribution in [0.5, 0.6) is 11.5 Å². The largest absolute Gasteiger partial charge is 0.455 e. The van der Waals surface area contributed by atoms with Gasteiger partial charge in [-0.2, -0.15) is 0 Å². The van der Waals surface area contributed by atoms with Gasteiger partial charge in [0.2, 0.25) is 0 Å². The van der Waals surface area contributed by atoms with Gasteiger partial charge in [-0.3, -0.25) is 19.8 Å². The van der Waals surface area contributed by atoms with Crippen molar-refractivity contribution in [1.29, 1.82) is 0 Å². The Morgan fingerprint density at radius 2 is 1.83 bits per heavy atom. The molecule has 3 aromatic carbocycles. The molecule has 0 radical (unpaired) electrons. The minimum Gasteiger partial charge on any atom is -0.455 e. The van der Waals surface area contributed by atoms with Gasteiger partial charge in [-0.1, -0.05) is 30.3 Å². The number of amides is 1. The van der Waals surface area contributed by atoms with E-state index in [4.69, 9.17) is 4.74 Å². The fourth-order valence-corrected chi connectivity index (χ4v) is 7.29. The van der Waals surface area contributed by atoms with Gasteiger partial charge in [0.25, 0.3) is 21.6 Å². The molecular weight excluding hydrogens is 608 g/mol. The number of anilines is 1. The number of nitro groups is 1. The summed E-state index contributed by atoms with van der Waals surface area (Å²) in [5.74, 6) is -0.425. The second-order valence-electron chi connectivity index (χ2n) is 11.3. The SMILES string of the molecule is O=C(NS(=O)(=O)c1cccc([N+](=O)[O-])c1)c1ccc(N2CCN([C@H]3CCc4ccccc43)CC2)cc1Oc1cnc2[nH]ccc2c1. The van der Waals surface area contributed by atoms with Gasteiger partial charge < -0.3 is 14.6 Å². The number of piperazine rings is 1. The van der Waals surface area contributed by atoms with Gasteiger partial charge in [0.15, 0.2) is 0 Å². The van der Waals surface area contributed by atoms with Gasteiger partial charge in [0.1, 0.15) is 17.1 Å². The maximum absolute atomic E-state index is 13.5. The molecule has 1 saturated heterocycles. The molecule has 1 amide bonds. The number of carbonyl (C=O) groups is 1. The van der Waals surface area contributed by atoms with Crippen molar-refractivity contribution < 1.29 is 22.9 Å². The molecule has 2 aliphatic rings. The summed E-state index contributed by atoms with van der Waals surface area (Å²) in [5, 5.41) is 12.0. The average molecular weight is 639 g/mol. The smallest absolute Gasteiger partial charge is 0.270 e. The Hall–Kier alpha value is -5.27. The van der Waals surface area contributed by atoms with Crippen molar-refractivity contribution in [3.8, 4) is 11.5 Å². The number of sulfonamides is 1. The monoisotopic (exact) mass is 638 g/mol. The number of carbonyl (C=O) groups excluding carboxylic acids is 1. The number of hydrogen-bond acceptors (Lipinski definition) is 9. The summed E-state index contributed by atoms with van der Waals surface area (Å²) in [6.07, 6.45) is 5.47. The lowest BCUT2D eigenvalue weighted by Crippen LogP contribution is -2.47. The number of nitrogens with zero attached hydrogens (tertiary/aromatic N) is 4. The lowest BCUT2D eigenvalue weighted by atomic mass is 10.1. The van der Waals surface area contributed by atoms with E-state index in [-0.39, 0.29) is 11.3 Å². The molecule has 234 valence electrons. The van der Waals surface area contributed by atoms with E-state index >= 15 is 0 Å². The molecule has 1 aliphatic heterocycles. The van der Waals surface area contributed by atoms with Crippen LogP contribution in [0.4, 0.5) is 11.4 Å². The first kappa shape index (κ1) is 29.4. The lowest BCUT2D eigenvalue weighted by Gasteiger charge is -2.39. The standard InChI is InChI=1S/C33H30N6O6S/c40-33(36-46(43,44)27-6-3-5-25(19-27)39(41)42)29-10-9-24(20-31(29)45-26-18-23-12-13-34-32(23)35-21-26)37-14-16-38(17-15-37)30-11-8-22-4-1-2-7-28(22)30/h1-7,9-10,12-13,18-21,30H,8,11,14-17H2,(H,34,35)(H,36,40)/t30-/m0/s1. The molecule has 12 nitrogen and oxygen atoms in total. The number of non-ortho nitro benzene ring substituents is 1. The Bertz CT molecular complexity index is 2070. The van der Waals surface area contributed by atoms with Crippen molar-refractivity contribution in [3.05, 3.63) is 118 Å². The molecule has 1 fully saturated rings. The van der Waals surface area contributed by atoms with E-state index in [0.717, 1.165) is 56.2 Å². The zero-order chi connectivity index (χ0) is 31.8. The predicted molar refractivity (Wildman–Crippen MR) is 172 cm³/mol. The van der Waals surface area contributed by atoms with Crippen molar-refractivity contribution in [2.24, 2.45) is 0 Å². The van der Waals surface area contributed by atoms with Crippen LogP contribution in [0.1, 0.15) is 33.9 Å². The molecule has 1 atom stereocenters. The second kappa shape index (κ2) is 11.9. The van der Waals surface area contributed by atoms with E-state index in [1.807, 2.05) is 10.8 Å². The van der Waals surface area contributed by atoms with Gasteiger partial charge in [-0.05, 0) is 54.3 Å². The topological polar surface area (TPSA) is 151 Å². The van der Waals surface area contributed by atoms with Crippen LogP contribution < -0.4 is 14.4 Å². The molecule has 5 aromatic rings. The lowest BCUT2D eigenvalue weighted by molar-refractivity contribution is -0.385. The third-order valence-electron chi connectivity index (χ3n) is 8.60. The van der Waals surface area contributed by atoms with Crippen LogP contribution in [0.2, 0.25) is 0 Å². The first-order valence-corrected chi connectivity index (χ1v) is 16.4. The zero-order valence-electron chi connectivity index (χ0n) is 24.6. The highest BCUT2D eigenvalue weighted by Crippen LogP contribution is 2.37. The van der Waals surface area contributed by atoms with E-state index in [0.29, 0.717) is 17.4 Å².